The van der Waals surface area contributed by atoms with Crippen molar-refractivity contribution in [2.45, 2.75) is 70.5 Å². The first-order valence-electron chi connectivity index (χ1n) is 10.2. The third-order valence-electron chi connectivity index (χ3n) is 4.93. The average molecular weight is 414 g/mol. The predicted molar refractivity (Wildman–Crippen MR) is 108 cm³/mol. The van der Waals surface area contributed by atoms with Crippen molar-refractivity contribution < 1.29 is 24.3 Å². The first-order chi connectivity index (χ1) is 13.7. The summed E-state index contributed by atoms with van der Waals surface area (Å²) in [6.07, 6.45) is 3.14. The van der Waals surface area contributed by atoms with Crippen LogP contribution in [0.2, 0.25) is 0 Å². The van der Waals surface area contributed by atoms with Crippen molar-refractivity contribution in [1.29, 1.82) is 0 Å². The summed E-state index contributed by atoms with van der Waals surface area (Å²) in [5.41, 5.74) is 10.9. The topological polar surface area (TPSA) is 168 Å². The Labute approximate surface area is 171 Å². The highest BCUT2D eigenvalue weighted by Gasteiger charge is 2.38. The number of likely N-dealkylation sites (tertiary alicyclic amines) is 1. The molecule has 0 spiro atoms. The molecule has 1 rings (SSSR count). The van der Waals surface area contributed by atoms with E-state index in [0.717, 1.165) is 0 Å². The molecule has 0 aromatic heterocycles. The van der Waals surface area contributed by atoms with Crippen LogP contribution in [0.15, 0.2) is 0 Å². The maximum atomic E-state index is 13.0. The predicted octanol–water partition coefficient (Wildman–Crippen LogP) is -0.835. The van der Waals surface area contributed by atoms with Gasteiger partial charge in [-0.2, -0.15) is 0 Å². The van der Waals surface area contributed by atoms with Crippen molar-refractivity contribution in [2.24, 2.45) is 17.4 Å². The van der Waals surface area contributed by atoms with Gasteiger partial charge in [0.2, 0.25) is 17.7 Å². The fourth-order valence-corrected chi connectivity index (χ4v) is 3.47. The molecular weight excluding hydrogens is 378 g/mol. The molecule has 10 heteroatoms. The molecule has 3 amide bonds. The van der Waals surface area contributed by atoms with Gasteiger partial charge in [0.1, 0.15) is 18.1 Å². The number of nitrogens with two attached hydrogens (primary N) is 2. The fourth-order valence-electron chi connectivity index (χ4n) is 3.47. The molecule has 0 aromatic carbocycles. The van der Waals surface area contributed by atoms with Gasteiger partial charge in [-0.05, 0) is 51.0 Å². The minimum atomic E-state index is -1.10. The van der Waals surface area contributed by atoms with Gasteiger partial charge in [-0.1, -0.05) is 13.8 Å². The van der Waals surface area contributed by atoms with Gasteiger partial charge in [-0.3, -0.25) is 14.4 Å². The lowest BCUT2D eigenvalue weighted by Gasteiger charge is -2.29. The SMILES string of the molecule is CC(C)CC(NC(=O)C1CCCN1C(=O)C(CCCCN)NC(=O)CN)C(=O)O. The molecule has 0 saturated carbocycles. The molecule has 1 aliphatic heterocycles. The second-order valence-corrected chi connectivity index (χ2v) is 7.83. The summed E-state index contributed by atoms with van der Waals surface area (Å²) >= 11 is 0. The van der Waals surface area contributed by atoms with Crippen molar-refractivity contribution in [2.75, 3.05) is 19.6 Å². The Hall–Kier alpha value is -2.20. The van der Waals surface area contributed by atoms with E-state index in [1.54, 1.807) is 0 Å². The Morgan fingerprint density at radius 1 is 1.10 bits per heavy atom. The van der Waals surface area contributed by atoms with Gasteiger partial charge >= 0.3 is 5.97 Å². The number of amides is 3. The van der Waals surface area contributed by atoms with Crippen molar-refractivity contribution in [3.63, 3.8) is 0 Å². The van der Waals surface area contributed by atoms with Crippen molar-refractivity contribution in [3.8, 4) is 0 Å². The summed E-state index contributed by atoms with van der Waals surface area (Å²) in [4.78, 5) is 50.4. The minimum Gasteiger partial charge on any atom is -0.480 e. The number of rotatable bonds is 12. The molecule has 3 unspecified atom stereocenters. The van der Waals surface area contributed by atoms with Crippen LogP contribution in [-0.4, -0.2) is 71.5 Å². The maximum Gasteiger partial charge on any atom is 0.326 e. The first-order valence-corrected chi connectivity index (χ1v) is 10.2. The van der Waals surface area contributed by atoms with Gasteiger partial charge in [0.05, 0.1) is 6.54 Å². The van der Waals surface area contributed by atoms with Crippen molar-refractivity contribution in [1.82, 2.24) is 15.5 Å². The quantitative estimate of drug-likeness (QED) is 0.260. The lowest BCUT2D eigenvalue weighted by Crippen LogP contribution is -2.55. The van der Waals surface area contributed by atoms with Crippen LogP contribution < -0.4 is 22.1 Å². The Morgan fingerprint density at radius 3 is 2.34 bits per heavy atom. The van der Waals surface area contributed by atoms with Crippen LogP contribution in [0.4, 0.5) is 0 Å². The van der Waals surface area contributed by atoms with E-state index in [1.165, 1.54) is 4.90 Å². The van der Waals surface area contributed by atoms with E-state index < -0.39 is 35.9 Å². The Balaban J connectivity index is 2.86. The molecule has 0 radical (unpaired) electrons. The van der Waals surface area contributed by atoms with E-state index in [-0.39, 0.29) is 18.4 Å². The number of nitrogens with one attached hydrogen (secondary N) is 2. The molecule has 3 atom stereocenters. The molecule has 0 aliphatic carbocycles. The van der Waals surface area contributed by atoms with Crippen LogP contribution in [0.5, 0.6) is 0 Å². The average Bonchev–Trinajstić information content (AvgIpc) is 3.15. The van der Waals surface area contributed by atoms with Crippen LogP contribution >= 0.6 is 0 Å². The van der Waals surface area contributed by atoms with E-state index in [9.17, 15) is 24.3 Å². The van der Waals surface area contributed by atoms with Gasteiger partial charge in [0.25, 0.3) is 0 Å². The number of carbonyl (C=O) groups excluding carboxylic acids is 3. The van der Waals surface area contributed by atoms with Crippen LogP contribution in [-0.2, 0) is 19.2 Å². The summed E-state index contributed by atoms with van der Waals surface area (Å²) in [5, 5.41) is 14.5. The zero-order chi connectivity index (χ0) is 22.0. The summed E-state index contributed by atoms with van der Waals surface area (Å²) in [5.74, 6) is -2.28. The van der Waals surface area contributed by atoms with Crippen LogP contribution in [0.3, 0.4) is 0 Å². The normalized spacial score (nSPS) is 18.4. The highest BCUT2D eigenvalue weighted by molar-refractivity contribution is 5.94. The smallest absolute Gasteiger partial charge is 0.326 e. The second-order valence-electron chi connectivity index (χ2n) is 7.83. The van der Waals surface area contributed by atoms with Crippen LogP contribution in [0, 0.1) is 5.92 Å². The Kier molecular flexibility index (Phi) is 10.6. The number of aliphatic carboxylic acids is 1. The van der Waals surface area contributed by atoms with Gasteiger partial charge in [-0.15, -0.1) is 0 Å². The highest BCUT2D eigenvalue weighted by Crippen LogP contribution is 2.20. The molecule has 166 valence electrons. The second kappa shape index (κ2) is 12.4. The number of carboxylic acids is 1. The summed E-state index contributed by atoms with van der Waals surface area (Å²) in [6.45, 7) is 4.37. The van der Waals surface area contributed by atoms with Crippen molar-refractivity contribution in [3.05, 3.63) is 0 Å². The summed E-state index contributed by atoms with van der Waals surface area (Å²) < 4.78 is 0. The van der Waals surface area contributed by atoms with E-state index in [4.69, 9.17) is 11.5 Å². The third kappa shape index (κ3) is 7.98. The van der Waals surface area contributed by atoms with Crippen molar-refractivity contribution >= 4 is 23.7 Å². The number of carbonyl (C=O) groups is 4. The highest BCUT2D eigenvalue weighted by atomic mass is 16.4. The molecule has 29 heavy (non-hydrogen) atoms. The maximum absolute atomic E-state index is 13.0. The molecule has 10 nitrogen and oxygen atoms in total. The number of hydrogen-bond acceptors (Lipinski definition) is 6. The van der Waals surface area contributed by atoms with Gasteiger partial charge in [-0.25, -0.2) is 4.79 Å². The third-order valence-corrected chi connectivity index (χ3v) is 4.93. The van der Waals surface area contributed by atoms with E-state index in [0.29, 0.717) is 51.6 Å². The zero-order valence-electron chi connectivity index (χ0n) is 17.4. The van der Waals surface area contributed by atoms with E-state index in [2.05, 4.69) is 10.6 Å². The van der Waals surface area contributed by atoms with E-state index >= 15 is 0 Å². The lowest BCUT2D eigenvalue weighted by molar-refractivity contribution is -0.145. The standard InChI is InChI=1S/C19H35N5O5/c1-12(2)10-14(19(28)29)23-17(26)15-7-5-9-24(15)18(27)13(6-3-4-8-20)22-16(25)11-21/h12-15H,3-11,20-21H2,1-2H3,(H,22,25)(H,23,26)(H,28,29). The molecule has 1 aliphatic rings. The number of nitrogens with zero attached hydrogens (tertiary/aromatic N) is 1. The van der Waals surface area contributed by atoms with Crippen LogP contribution in [0.1, 0.15) is 52.4 Å². The first kappa shape index (κ1) is 24.8. The number of unbranched alkanes of at least 4 members (excludes halogenated alkanes) is 1. The Morgan fingerprint density at radius 2 is 1.79 bits per heavy atom. The Bertz CT molecular complexity index is 583. The lowest BCUT2D eigenvalue weighted by atomic mass is 10.0. The van der Waals surface area contributed by atoms with E-state index in [1.807, 2.05) is 13.8 Å². The molecule has 0 aromatic rings. The number of hydrogen-bond donors (Lipinski definition) is 5. The van der Waals surface area contributed by atoms with Crippen LogP contribution in [0.25, 0.3) is 0 Å². The van der Waals surface area contributed by atoms with Gasteiger partial charge in [0.15, 0.2) is 0 Å². The molecule has 1 saturated heterocycles. The monoisotopic (exact) mass is 413 g/mol. The minimum absolute atomic E-state index is 0.0936. The molecule has 0 bridgehead atoms. The molecule has 1 heterocycles. The molecular formula is C19H35N5O5. The van der Waals surface area contributed by atoms with Gasteiger partial charge < -0.3 is 32.1 Å². The molecule has 1 fully saturated rings. The van der Waals surface area contributed by atoms with Gasteiger partial charge in [0, 0.05) is 6.54 Å². The zero-order valence-corrected chi connectivity index (χ0v) is 17.4. The summed E-state index contributed by atoms with van der Waals surface area (Å²) in [7, 11) is 0. The fraction of sp³-hybridized carbons (Fsp3) is 0.789. The largest absolute Gasteiger partial charge is 0.480 e. The number of carboxylic acid groups (broad SMARTS) is 1. The molecule has 7 N–H and O–H groups in total. The summed E-state index contributed by atoms with van der Waals surface area (Å²) in [6, 6.07) is -2.53.